The zero-order valence-corrected chi connectivity index (χ0v) is 18.9. The Morgan fingerprint density at radius 2 is 0.852 bits per heavy atom. The summed E-state index contributed by atoms with van der Waals surface area (Å²) in [5, 5.41) is 0. The molecule has 2 aromatic carbocycles. The first-order valence-corrected chi connectivity index (χ1v) is 9.68. The normalized spacial score (nSPS) is 11.7. The van der Waals surface area contributed by atoms with Crippen molar-refractivity contribution >= 4 is 6.47 Å². The van der Waals surface area contributed by atoms with Gasteiger partial charge in [-0.15, -0.1) is 0 Å². The van der Waals surface area contributed by atoms with Crippen LogP contribution in [0, 0.1) is 62.3 Å². The largest absolute Gasteiger partial charge is 0.428 e. The van der Waals surface area contributed by atoms with Gasteiger partial charge in [-0.3, -0.25) is 4.79 Å². The molecule has 0 aliphatic carbocycles. The van der Waals surface area contributed by atoms with E-state index in [1.807, 2.05) is 13.8 Å². The lowest BCUT2D eigenvalue weighted by Gasteiger charge is -2.36. The molecule has 0 atom stereocenters. The quantitative estimate of drug-likeness (QED) is 0.592. The summed E-state index contributed by atoms with van der Waals surface area (Å²) in [5.74, 6) is 0.698. The SMILES string of the molecule is Cc1c(C)c(C)c(C(C)(C)c2c(C)c(C)c(OC=O)c(C)c2C)c(C)c1C. The van der Waals surface area contributed by atoms with Gasteiger partial charge in [0.1, 0.15) is 5.75 Å². The standard InChI is InChI=1S/C25H34O2/c1-13-14(2)16(4)22(17(5)15(13)3)25(10,11)23-18(6)20(8)24(27-12-26)21(9)19(23)7/h12H,1-11H3. The van der Waals surface area contributed by atoms with E-state index in [9.17, 15) is 4.79 Å². The number of benzene rings is 2. The first-order valence-electron chi connectivity index (χ1n) is 9.68. The van der Waals surface area contributed by atoms with Crippen LogP contribution in [-0.4, -0.2) is 6.47 Å². The number of rotatable bonds is 4. The Hall–Kier alpha value is -2.09. The summed E-state index contributed by atoms with van der Waals surface area (Å²) >= 11 is 0. The molecule has 2 aromatic rings. The molecule has 0 saturated carbocycles. The molecule has 0 heterocycles. The Bertz CT molecular complexity index is 872. The zero-order valence-electron chi connectivity index (χ0n) is 18.9. The van der Waals surface area contributed by atoms with Gasteiger partial charge < -0.3 is 4.74 Å². The molecule has 0 radical (unpaired) electrons. The van der Waals surface area contributed by atoms with E-state index in [0.29, 0.717) is 12.2 Å². The van der Waals surface area contributed by atoms with E-state index in [2.05, 4.69) is 62.3 Å². The lowest BCUT2D eigenvalue weighted by Crippen LogP contribution is -2.26. The van der Waals surface area contributed by atoms with Gasteiger partial charge in [0.05, 0.1) is 0 Å². The van der Waals surface area contributed by atoms with Gasteiger partial charge in [0, 0.05) is 5.41 Å². The zero-order chi connectivity index (χ0) is 20.8. The van der Waals surface area contributed by atoms with Crippen LogP contribution in [0.15, 0.2) is 0 Å². The van der Waals surface area contributed by atoms with Crippen molar-refractivity contribution in [1.82, 2.24) is 0 Å². The maximum atomic E-state index is 11.0. The highest BCUT2D eigenvalue weighted by atomic mass is 16.5. The number of carbonyl (C=O) groups is 1. The molecule has 2 heteroatoms. The maximum absolute atomic E-state index is 11.0. The van der Waals surface area contributed by atoms with E-state index in [4.69, 9.17) is 4.74 Å². The third kappa shape index (κ3) is 3.09. The highest BCUT2D eigenvalue weighted by Crippen LogP contribution is 2.45. The van der Waals surface area contributed by atoms with E-state index in [1.165, 1.54) is 50.1 Å². The summed E-state index contributed by atoms with van der Waals surface area (Å²) in [7, 11) is 0. The fraction of sp³-hybridized carbons (Fsp3) is 0.480. The number of hydrogen-bond acceptors (Lipinski definition) is 2. The van der Waals surface area contributed by atoms with Crippen LogP contribution < -0.4 is 4.74 Å². The van der Waals surface area contributed by atoms with Crippen molar-refractivity contribution in [2.24, 2.45) is 0 Å². The van der Waals surface area contributed by atoms with Crippen LogP contribution in [0.3, 0.4) is 0 Å². The molecule has 0 saturated heterocycles. The van der Waals surface area contributed by atoms with E-state index in [0.717, 1.165) is 11.1 Å². The Kier molecular flexibility index (Phi) is 5.61. The molecule has 2 nitrogen and oxygen atoms in total. The van der Waals surface area contributed by atoms with E-state index >= 15 is 0 Å². The molecule has 0 spiro atoms. The molecule has 0 bridgehead atoms. The average Bonchev–Trinajstić information content (AvgIpc) is 2.60. The second-order valence-electron chi connectivity index (χ2n) is 8.54. The highest BCUT2D eigenvalue weighted by Gasteiger charge is 2.33. The third-order valence-electron chi connectivity index (χ3n) is 6.97. The van der Waals surface area contributed by atoms with Crippen LogP contribution in [0.4, 0.5) is 0 Å². The predicted octanol–water partition coefficient (Wildman–Crippen LogP) is 6.32. The minimum Gasteiger partial charge on any atom is -0.428 e. The molecule has 0 unspecified atom stereocenters. The van der Waals surface area contributed by atoms with Crippen molar-refractivity contribution in [2.45, 2.75) is 81.6 Å². The molecule has 0 aliphatic heterocycles. The Morgan fingerprint density at radius 1 is 0.556 bits per heavy atom. The van der Waals surface area contributed by atoms with Gasteiger partial charge >= 0.3 is 0 Å². The molecule has 0 aliphatic rings. The number of ether oxygens (including phenoxy) is 1. The topological polar surface area (TPSA) is 26.3 Å². The summed E-state index contributed by atoms with van der Waals surface area (Å²) in [5.41, 5.74) is 14.0. The Morgan fingerprint density at radius 3 is 1.19 bits per heavy atom. The minimum absolute atomic E-state index is 0.152. The molecule has 2 rings (SSSR count). The summed E-state index contributed by atoms with van der Waals surface area (Å²) in [6, 6.07) is 0. The van der Waals surface area contributed by atoms with Gasteiger partial charge in [0.25, 0.3) is 6.47 Å². The predicted molar refractivity (Wildman–Crippen MR) is 114 cm³/mol. The smallest absolute Gasteiger partial charge is 0.298 e. The Labute approximate surface area is 165 Å². The second-order valence-corrected chi connectivity index (χ2v) is 8.54. The first kappa shape index (κ1) is 21.2. The second kappa shape index (κ2) is 7.14. The lowest BCUT2D eigenvalue weighted by molar-refractivity contribution is -0.120. The number of carbonyl (C=O) groups excluding carboxylic acids is 1. The number of hydrogen-bond donors (Lipinski definition) is 0. The molecular weight excluding hydrogens is 332 g/mol. The lowest BCUT2D eigenvalue weighted by atomic mass is 9.68. The molecule has 0 fully saturated rings. The van der Waals surface area contributed by atoms with Crippen LogP contribution in [0.25, 0.3) is 0 Å². The fourth-order valence-electron chi connectivity index (χ4n) is 5.00. The van der Waals surface area contributed by atoms with Crippen molar-refractivity contribution in [3.63, 3.8) is 0 Å². The van der Waals surface area contributed by atoms with Crippen molar-refractivity contribution in [3.8, 4) is 5.75 Å². The minimum atomic E-state index is -0.152. The molecule has 146 valence electrons. The summed E-state index contributed by atoms with van der Waals surface area (Å²) in [4.78, 5) is 11.0. The molecule has 0 amide bonds. The van der Waals surface area contributed by atoms with Crippen molar-refractivity contribution in [3.05, 3.63) is 61.2 Å². The molecule has 0 aromatic heterocycles. The third-order valence-corrected chi connectivity index (χ3v) is 6.97. The van der Waals surface area contributed by atoms with Crippen molar-refractivity contribution in [1.29, 1.82) is 0 Å². The van der Waals surface area contributed by atoms with Crippen molar-refractivity contribution in [2.75, 3.05) is 0 Å². The van der Waals surface area contributed by atoms with Gasteiger partial charge in [-0.05, 0) is 124 Å². The van der Waals surface area contributed by atoms with Gasteiger partial charge in [0.15, 0.2) is 0 Å². The van der Waals surface area contributed by atoms with Crippen LogP contribution in [-0.2, 0) is 10.2 Å². The highest BCUT2D eigenvalue weighted by molar-refractivity contribution is 5.63. The van der Waals surface area contributed by atoms with Crippen molar-refractivity contribution < 1.29 is 9.53 Å². The summed E-state index contributed by atoms with van der Waals surface area (Å²) in [6.07, 6.45) is 0. The molecule has 27 heavy (non-hydrogen) atoms. The first-order chi connectivity index (χ1) is 12.4. The van der Waals surface area contributed by atoms with E-state index in [1.54, 1.807) is 0 Å². The fourth-order valence-corrected chi connectivity index (χ4v) is 5.00. The maximum Gasteiger partial charge on any atom is 0.298 e. The monoisotopic (exact) mass is 366 g/mol. The summed E-state index contributed by atoms with van der Waals surface area (Å²) < 4.78 is 5.32. The van der Waals surface area contributed by atoms with Gasteiger partial charge in [-0.2, -0.15) is 0 Å². The Balaban J connectivity index is 2.93. The van der Waals surface area contributed by atoms with Gasteiger partial charge in [-0.25, -0.2) is 0 Å². The summed E-state index contributed by atoms with van der Waals surface area (Å²) in [6.45, 7) is 24.7. The van der Waals surface area contributed by atoms with Gasteiger partial charge in [-0.1, -0.05) is 13.8 Å². The van der Waals surface area contributed by atoms with E-state index in [-0.39, 0.29) is 5.41 Å². The van der Waals surface area contributed by atoms with E-state index < -0.39 is 0 Å². The van der Waals surface area contributed by atoms with Crippen LogP contribution in [0.5, 0.6) is 5.75 Å². The van der Waals surface area contributed by atoms with Gasteiger partial charge in [0.2, 0.25) is 0 Å². The molecular formula is C25H34O2. The molecule has 0 N–H and O–H groups in total. The van der Waals surface area contributed by atoms with Crippen LogP contribution in [0.2, 0.25) is 0 Å². The average molecular weight is 367 g/mol. The van der Waals surface area contributed by atoms with Crippen LogP contribution in [0.1, 0.15) is 75.0 Å². The van der Waals surface area contributed by atoms with Crippen LogP contribution >= 0.6 is 0 Å².